The molecule has 3 N–H and O–H groups in total. The second-order valence-electron chi connectivity index (χ2n) is 4.97. The van der Waals surface area contributed by atoms with Crippen molar-refractivity contribution in [3.05, 3.63) is 30.1 Å². The smallest absolute Gasteiger partial charge is 0.240 e. The van der Waals surface area contributed by atoms with Gasteiger partial charge in [0.2, 0.25) is 10.0 Å². The van der Waals surface area contributed by atoms with E-state index in [4.69, 9.17) is 5.73 Å². The molecule has 0 bridgehead atoms. The van der Waals surface area contributed by atoms with Gasteiger partial charge in [0.05, 0.1) is 4.90 Å². The van der Waals surface area contributed by atoms with Crippen LogP contribution in [-0.2, 0) is 10.0 Å². The minimum atomic E-state index is -3.70. The van der Waals surface area contributed by atoms with E-state index in [-0.39, 0.29) is 35.8 Å². The van der Waals surface area contributed by atoms with E-state index < -0.39 is 15.8 Å². The lowest BCUT2D eigenvalue weighted by Crippen LogP contribution is -2.44. The first-order valence-corrected chi connectivity index (χ1v) is 7.99. The van der Waals surface area contributed by atoms with Crippen LogP contribution in [0.3, 0.4) is 0 Å². The summed E-state index contributed by atoms with van der Waals surface area (Å²) in [6, 6.07) is 4.74. The lowest BCUT2D eigenvalue weighted by Gasteiger charge is -2.22. The molecule has 0 heterocycles. The first-order valence-electron chi connectivity index (χ1n) is 6.51. The molecule has 0 amide bonds. The largest absolute Gasteiger partial charge is 0.329 e. The number of sulfonamides is 1. The Hall–Kier alpha value is -0.690. The Balaban J connectivity index is 0.00000200. The quantitative estimate of drug-likeness (QED) is 0.871. The molecule has 1 fully saturated rings. The molecule has 1 aromatic carbocycles. The summed E-state index contributed by atoms with van der Waals surface area (Å²) in [5.41, 5.74) is 5.67. The molecule has 0 aliphatic heterocycles. The van der Waals surface area contributed by atoms with Gasteiger partial charge in [-0.3, -0.25) is 0 Å². The molecule has 1 aromatic rings. The van der Waals surface area contributed by atoms with E-state index in [0.29, 0.717) is 0 Å². The normalized spacial score (nSPS) is 17.7. The van der Waals surface area contributed by atoms with E-state index in [1.807, 2.05) is 0 Å². The Labute approximate surface area is 125 Å². The first kappa shape index (κ1) is 17.4. The van der Waals surface area contributed by atoms with Crippen molar-refractivity contribution in [2.45, 2.75) is 36.6 Å². The van der Waals surface area contributed by atoms with Crippen molar-refractivity contribution < 1.29 is 12.8 Å². The molecule has 2 rings (SSSR count). The SMILES string of the molecule is Cl.NCC(NS(=O)(=O)c1cccc(F)c1)C1CCCC1. The van der Waals surface area contributed by atoms with Gasteiger partial charge in [0, 0.05) is 12.6 Å². The Kier molecular flexibility index (Phi) is 6.39. The molecule has 1 saturated carbocycles. The fraction of sp³-hybridized carbons (Fsp3) is 0.538. The summed E-state index contributed by atoms with van der Waals surface area (Å²) in [7, 11) is -3.70. The van der Waals surface area contributed by atoms with Crippen LogP contribution in [0, 0.1) is 11.7 Å². The van der Waals surface area contributed by atoms with Gasteiger partial charge < -0.3 is 5.73 Å². The van der Waals surface area contributed by atoms with Crippen LogP contribution in [0.5, 0.6) is 0 Å². The number of nitrogens with two attached hydrogens (primary N) is 1. The molecule has 0 aromatic heterocycles. The van der Waals surface area contributed by atoms with Crippen molar-refractivity contribution in [3.8, 4) is 0 Å². The zero-order valence-electron chi connectivity index (χ0n) is 11.1. The molecule has 1 atom stereocenters. The van der Waals surface area contributed by atoms with E-state index in [0.717, 1.165) is 31.7 Å². The Morgan fingerprint density at radius 2 is 2.00 bits per heavy atom. The van der Waals surface area contributed by atoms with Crippen molar-refractivity contribution >= 4 is 22.4 Å². The summed E-state index contributed by atoms with van der Waals surface area (Å²) in [5, 5.41) is 0. The monoisotopic (exact) mass is 322 g/mol. The van der Waals surface area contributed by atoms with Crippen molar-refractivity contribution in [2.75, 3.05) is 6.54 Å². The summed E-state index contributed by atoms with van der Waals surface area (Å²) >= 11 is 0. The maximum Gasteiger partial charge on any atom is 0.240 e. The second kappa shape index (κ2) is 7.36. The molecular weight excluding hydrogens is 303 g/mol. The minimum absolute atomic E-state index is 0. The van der Waals surface area contributed by atoms with Gasteiger partial charge in [-0.2, -0.15) is 0 Å². The number of hydrogen-bond donors (Lipinski definition) is 2. The molecule has 7 heteroatoms. The number of benzene rings is 1. The Bertz CT molecular complexity index is 533. The summed E-state index contributed by atoms with van der Waals surface area (Å²) < 4.78 is 40.1. The summed E-state index contributed by atoms with van der Waals surface area (Å²) in [6.07, 6.45) is 4.22. The molecule has 114 valence electrons. The average molecular weight is 323 g/mol. The van der Waals surface area contributed by atoms with Gasteiger partial charge in [0.1, 0.15) is 5.82 Å². The molecule has 4 nitrogen and oxygen atoms in total. The van der Waals surface area contributed by atoms with Gasteiger partial charge >= 0.3 is 0 Å². The van der Waals surface area contributed by atoms with Gasteiger partial charge in [-0.15, -0.1) is 12.4 Å². The second-order valence-corrected chi connectivity index (χ2v) is 6.68. The van der Waals surface area contributed by atoms with Gasteiger partial charge in [-0.1, -0.05) is 18.9 Å². The third kappa shape index (κ3) is 4.15. The number of halogens is 2. The lowest BCUT2D eigenvalue weighted by atomic mass is 9.99. The average Bonchev–Trinajstić information content (AvgIpc) is 2.90. The summed E-state index contributed by atoms with van der Waals surface area (Å²) in [6.45, 7) is 0.263. The lowest BCUT2D eigenvalue weighted by molar-refractivity contribution is 0.405. The fourth-order valence-corrected chi connectivity index (χ4v) is 3.95. The molecular formula is C13H20ClFN2O2S. The molecule has 1 unspecified atom stereocenters. The van der Waals surface area contributed by atoms with Crippen LogP contribution in [0.15, 0.2) is 29.2 Å². The number of rotatable bonds is 5. The summed E-state index contributed by atoms with van der Waals surface area (Å²) in [4.78, 5) is -0.0519. The molecule has 1 aliphatic carbocycles. The van der Waals surface area contributed by atoms with Crippen LogP contribution < -0.4 is 10.5 Å². The van der Waals surface area contributed by atoms with Crippen molar-refractivity contribution in [1.29, 1.82) is 0 Å². The highest BCUT2D eigenvalue weighted by atomic mass is 35.5. The highest BCUT2D eigenvalue weighted by Gasteiger charge is 2.28. The molecule has 0 spiro atoms. The summed E-state index contributed by atoms with van der Waals surface area (Å²) in [5.74, 6) is -0.277. The van der Waals surface area contributed by atoms with E-state index in [1.165, 1.54) is 18.2 Å². The number of hydrogen-bond acceptors (Lipinski definition) is 3. The van der Waals surface area contributed by atoms with Crippen LogP contribution in [-0.4, -0.2) is 21.0 Å². The molecule has 1 aliphatic rings. The van der Waals surface area contributed by atoms with Gasteiger partial charge in [0.15, 0.2) is 0 Å². The zero-order chi connectivity index (χ0) is 13.9. The van der Waals surface area contributed by atoms with E-state index >= 15 is 0 Å². The fourth-order valence-electron chi connectivity index (χ4n) is 2.60. The van der Waals surface area contributed by atoms with Crippen molar-refractivity contribution in [1.82, 2.24) is 4.72 Å². The van der Waals surface area contributed by atoms with Crippen LogP contribution in [0.25, 0.3) is 0 Å². The maximum atomic E-state index is 13.1. The third-order valence-electron chi connectivity index (χ3n) is 3.64. The molecule has 20 heavy (non-hydrogen) atoms. The van der Waals surface area contributed by atoms with Gasteiger partial charge in [-0.25, -0.2) is 17.5 Å². The van der Waals surface area contributed by atoms with Gasteiger partial charge in [-0.05, 0) is 37.0 Å². The van der Waals surface area contributed by atoms with Crippen LogP contribution >= 0.6 is 12.4 Å². The molecule has 0 saturated heterocycles. The topological polar surface area (TPSA) is 72.2 Å². The zero-order valence-corrected chi connectivity index (χ0v) is 12.7. The van der Waals surface area contributed by atoms with Crippen LogP contribution in [0.4, 0.5) is 4.39 Å². The Morgan fingerprint density at radius 3 is 2.55 bits per heavy atom. The number of nitrogens with one attached hydrogen (secondary N) is 1. The van der Waals surface area contributed by atoms with E-state index in [9.17, 15) is 12.8 Å². The highest BCUT2D eigenvalue weighted by molar-refractivity contribution is 7.89. The maximum absolute atomic E-state index is 13.1. The standard InChI is InChI=1S/C13H19FN2O2S.ClH/c14-11-6-3-7-12(8-11)19(17,18)16-13(9-15)10-4-1-2-5-10;/h3,6-8,10,13,16H,1-2,4-5,9,15H2;1H. The van der Waals surface area contributed by atoms with Gasteiger partial charge in [0.25, 0.3) is 0 Å². The molecule has 0 radical (unpaired) electrons. The Morgan fingerprint density at radius 1 is 1.35 bits per heavy atom. The van der Waals surface area contributed by atoms with Crippen molar-refractivity contribution in [2.24, 2.45) is 11.7 Å². The third-order valence-corrected chi connectivity index (χ3v) is 5.12. The first-order chi connectivity index (χ1) is 9.03. The highest BCUT2D eigenvalue weighted by Crippen LogP contribution is 2.28. The predicted octanol–water partition coefficient (Wildman–Crippen LogP) is 2.04. The van der Waals surface area contributed by atoms with E-state index in [2.05, 4.69) is 4.72 Å². The minimum Gasteiger partial charge on any atom is -0.329 e. The van der Waals surface area contributed by atoms with Crippen LogP contribution in [0.1, 0.15) is 25.7 Å². The van der Waals surface area contributed by atoms with Crippen molar-refractivity contribution in [3.63, 3.8) is 0 Å². The predicted molar refractivity (Wildman–Crippen MR) is 78.8 cm³/mol. The van der Waals surface area contributed by atoms with Crippen LogP contribution in [0.2, 0.25) is 0 Å². The van der Waals surface area contributed by atoms with E-state index in [1.54, 1.807) is 0 Å².